The third kappa shape index (κ3) is 6.04. The monoisotopic (exact) mass is 384 g/mol. The number of carbonyl (C=O) groups is 2. The second kappa shape index (κ2) is 8.92. The lowest BCUT2D eigenvalue weighted by molar-refractivity contribution is -0.128. The molecule has 4 nitrogen and oxygen atoms in total. The first-order chi connectivity index (χ1) is 11.4. The predicted octanol–water partition coefficient (Wildman–Crippen LogP) is 3.97. The number of halogens is 3. The molecule has 0 unspecified atom stereocenters. The minimum atomic E-state index is -0.310. The van der Waals surface area contributed by atoms with Crippen LogP contribution < -0.4 is 10.9 Å². The standard InChI is InChI=1S/C17H15Cl3N2O2/c18-13-5-1-11(2-6-13)9-17(24)22-21-16(23)8-4-12-3-7-14(19)10-15(12)20/h1-3,5-7,10H,4,8-9H2,(H,21,23)(H,22,24). The van der Waals surface area contributed by atoms with Crippen LogP contribution in [-0.4, -0.2) is 11.8 Å². The lowest BCUT2D eigenvalue weighted by Crippen LogP contribution is -2.42. The van der Waals surface area contributed by atoms with E-state index < -0.39 is 0 Å². The molecule has 24 heavy (non-hydrogen) atoms. The Morgan fingerprint density at radius 3 is 2.12 bits per heavy atom. The fraction of sp³-hybridized carbons (Fsp3) is 0.176. The molecule has 0 atom stereocenters. The van der Waals surface area contributed by atoms with Gasteiger partial charge in [-0.05, 0) is 41.8 Å². The quantitative estimate of drug-likeness (QED) is 0.765. The lowest BCUT2D eigenvalue weighted by atomic mass is 10.1. The summed E-state index contributed by atoms with van der Waals surface area (Å²) >= 11 is 17.6. The van der Waals surface area contributed by atoms with Crippen molar-refractivity contribution < 1.29 is 9.59 Å². The minimum Gasteiger partial charge on any atom is -0.273 e. The molecule has 0 radical (unpaired) electrons. The minimum absolute atomic E-state index is 0.153. The SMILES string of the molecule is O=C(CCc1ccc(Cl)cc1Cl)NNC(=O)Cc1ccc(Cl)cc1. The molecule has 0 bridgehead atoms. The van der Waals surface area contributed by atoms with Crippen LogP contribution in [0.4, 0.5) is 0 Å². The van der Waals surface area contributed by atoms with Gasteiger partial charge >= 0.3 is 0 Å². The van der Waals surface area contributed by atoms with Crippen molar-refractivity contribution in [3.8, 4) is 0 Å². The van der Waals surface area contributed by atoms with Crippen molar-refractivity contribution in [1.82, 2.24) is 10.9 Å². The molecule has 0 aliphatic carbocycles. The molecule has 2 N–H and O–H groups in total. The first kappa shape index (κ1) is 18.6. The van der Waals surface area contributed by atoms with Gasteiger partial charge in [-0.15, -0.1) is 0 Å². The van der Waals surface area contributed by atoms with Crippen LogP contribution in [0.15, 0.2) is 42.5 Å². The Balaban J connectivity index is 1.74. The molecule has 0 saturated carbocycles. The van der Waals surface area contributed by atoms with Crippen LogP contribution in [0.5, 0.6) is 0 Å². The summed E-state index contributed by atoms with van der Waals surface area (Å²) in [6.45, 7) is 0. The van der Waals surface area contributed by atoms with Gasteiger partial charge in [0.1, 0.15) is 0 Å². The Morgan fingerprint density at radius 2 is 1.46 bits per heavy atom. The van der Waals surface area contributed by atoms with Crippen molar-refractivity contribution in [2.45, 2.75) is 19.3 Å². The summed E-state index contributed by atoms with van der Waals surface area (Å²) < 4.78 is 0. The summed E-state index contributed by atoms with van der Waals surface area (Å²) in [6, 6.07) is 12.0. The van der Waals surface area contributed by atoms with Crippen molar-refractivity contribution >= 4 is 46.6 Å². The summed E-state index contributed by atoms with van der Waals surface area (Å²) in [5.41, 5.74) is 6.39. The van der Waals surface area contributed by atoms with E-state index in [0.717, 1.165) is 11.1 Å². The number of hydrogen-bond acceptors (Lipinski definition) is 2. The third-order valence-corrected chi connectivity index (χ3v) is 4.09. The molecule has 0 aliphatic heterocycles. The lowest BCUT2D eigenvalue weighted by Gasteiger charge is -2.08. The summed E-state index contributed by atoms with van der Waals surface area (Å²) in [4.78, 5) is 23.6. The second-order valence-electron chi connectivity index (χ2n) is 5.14. The summed E-state index contributed by atoms with van der Waals surface area (Å²) in [6.07, 6.45) is 0.804. The maximum absolute atomic E-state index is 11.8. The van der Waals surface area contributed by atoms with Crippen molar-refractivity contribution in [3.05, 3.63) is 68.7 Å². The van der Waals surface area contributed by atoms with E-state index in [1.54, 1.807) is 42.5 Å². The molecule has 0 fully saturated rings. The zero-order chi connectivity index (χ0) is 17.5. The van der Waals surface area contributed by atoms with Gasteiger partial charge in [-0.1, -0.05) is 53.0 Å². The molecule has 2 aromatic rings. The number of aryl methyl sites for hydroxylation is 1. The Hall–Kier alpha value is -1.75. The van der Waals surface area contributed by atoms with Gasteiger partial charge in [-0.2, -0.15) is 0 Å². The smallest absolute Gasteiger partial charge is 0.242 e. The highest BCUT2D eigenvalue weighted by molar-refractivity contribution is 6.35. The van der Waals surface area contributed by atoms with E-state index in [0.29, 0.717) is 21.5 Å². The Labute approximate surface area is 155 Å². The molecule has 126 valence electrons. The van der Waals surface area contributed by atoms with E-state index in [1.165, 1.54) is 0 Å². The first-order valence-corrected chi connectivity index (χ1v) is 8.33. The predicted molar refractivity (Wildman–Crippen MR) is 96.2 cm³/mol. The van der Waals surface area contributed by atoms with Gasteiger partial charge in [0.2, 0.25) is 11.8 Å². The molecule has 0 heterocycles. The Bertz CT molecular complexity index is 733. The third-order valence-electron chi connectivity index (χ3n) is 3.26. The van der Waals surface area contributed by atoms with Gasteiger partial charge in [0.25, 0.3) is 0 Å². The van der Waals surface area contributed by atoms with Gasteiger partial charge in [-0.3, -0.25) is 20.4 Å². The fourth-order valence-corrected chi connectivity index (χ4v) is 2.64. The highest BCUT2D eigenvalue weighted by Crippen LogP contribution is 2.21. The summed E-state index contributed by atoms with van der Waals surface area (Å²) in [7, 11) is 0. The fourth-order valence-electron chi connectivity index (χ4n) is 2.01. The summed E-state index contributed by atoms with van der Waals surface area (Å²) in [5.74, 6) is -0.610. The van der Waals surface area contributed by atoms with Crippen molar-refractivity contribution in [2.24, 2.45) is 0 Å². The van der Waals surface area contributed by atoms with Gasteiger partial charge in [0.15, 0.2) is 0 Å². The van der Waals surface area contributed by atoms with E-state index in [2.05, 4.69) is 10.9 Å². The molecule has 0 spiro atoms. The molecule has 0 aromatic heterocycles. The van der Waals surface area contributed by atoms with Crippen LogP contribution in [0.3, 0.4) is 0 Å². The highest BCUT2D eigenvalue weighted by Gasteiger charge is 2.08. The normalized spacial score (nSPS) is 10.3. The molecule has 2 rings (SSSR count). The number of hydrazine groups is 1. The van der Waals surface area contributed by atoms with Crippen LogP contribution in [-0.2, 0) is 22.4 Å². The van der Waals surface area contributed by atoms with Gasteiger partial charge in [-0.25, -0.2) is 0 Å². The number of hydrogen-bond donors (Lipinski definition) is 2. The zero-order valence-corrected chi connectivity index (χ0v) is 14.9. The Kier molecular flexibility index (Phi) is 6.91. The number of rotatable bonds is 5. The maximum Gasteiger partial charge on any atom is 0.242 e. The zero-order valence-electron chi connectivity index (χ0n) is 12.6. The van der Waals surface area contributed by atoms with E-state index in [1.807, 2.05) is 0 Å². The van der Waals surface area contributed by atoms with Crippen molar-refractivity contribution in [3.63, 3.8) is 0 Å². The van der Waals surface area contributed by atoms with E-state index in [9.17, 15) is 9.59 Å². The maximum atomic E-state index is 11.8. The molecule has 7 heteroatoms. The van der Waals surface area contributed by atoms with Crippen LogP contribution in [0, 0.1) is 0 Å². The number of nitrogens with one attached hydrogen (secondary N) is 2. The van der Waals surface area contributed by atoms with Crippen LogP contribution >= 0.6 is 34.8 Å². The largest absolute Gasteiger partial charge is 0.273 e. The van der Waals surface area contributed by atoms with E-state index in [-0.39, 0.29) is 24.7 Å². The number of benzene rings is 2. The molecular weight excluding hydrogens is 371 g/mol. The molecule has 2 aromatic carbocycles. The van der Waals surface area contributed by atoms with Crippen LogP contribution in [0.2, 0.25) is 15.1 Å². The van der Waals surface area contributed by atoms with Crippen LogP contribution in [0.1, 0.15) is 17.5 Å². The second-order valence-corrected chi connectivity index (χ2v) is 6.42. The number of amides is 2. The van der Waals surface area contributed by atoms with E-state index >= 15 is 0 Å². The average Bonchev–Trinajstić information content (AvgIpc) is 2.54. The van der Waals surface area contributed by atoms with Crippen molar-refractivity contribution in [1.29, 1.82) is 0 Å². The Morgan fingerprint density at radius 1 is 0.833 bits per heavy atom. The molecule has 0 aliphatic rings. The van der Waals surface area contributed by atoms with Crippen molar-refractivity contribution in [2.75, 3.05) is 0 Å². The van der Waals surface area contributed by atoms with Crippen LogP contribution in [0.25, 0.3) is 0 Å². The van der Waals surface area contributed by atoms with E-state index in [4.69, 9.17) is 34.8 Å². The summed E-state index contributed by atoms with van der Waals surface area (Å²) in [5, 5.41) is 1.66. The number of carbonyl (C=O) groups excluding carboxylic acids is 2. The first-order valence-electron chi connectivity index (χ1n) is 7.20. The van der Waals surface area contributed by atoms with Gasteiger partial charge in [0, 0.05) is 21.5 Å². The molecule has 2 amide bonds. The molecular formula is C17H15Cl3N2O2. The highest BCUT2D eigenvalue weighted by atomic mass is 35.5. The topological polar surface area (TPSA) is 58.2 Å². The average molecular weight is 386 g/mol. The van der Waals surface area contributed by atoms with Gasteiger partial charge < -0.3 is 0 Å². The van der Waals surface area contributed by atoms with Gasteiger partial charge in [0.05, 0.1) is 6.42 Å². The molecule has 0 saturated heterocycles.